The summed E-state index contributed by atoms with van der Waals surface area (Å²) in [6.07, 6.45) is 7.00. The van der Waals surface area contributed by atoms with Gasteiger partial charge in [-0.1, -0.05) is 19.8 Å². The molecule has 0 saturated carbocycles. The molecular formula is C13H22N4. The lowest BCUT2D eigenvalue weighted by Gasteiger charge is -2.31. The number of nitrogens with two attached hydrogens (primary N) is 1. The zero-order chi connectivity index (χ0) is 12.1. The number of rotatable bonds is 4. The van der Waals surface area contributed by atoms with E-state index >= 15 is 0 Å². The van der Waals surface area contributed by atoms with Crippen LogP contribution in [0.15, 0.2) is 12.3 Å². The quantitative estimate of drug-likeness (QED) is 0.865. The SMILES string of the molecule is CCCC1CCN(c2nccc(CN)n2)CC1. The number of hydrogen-bond acceptors (Lipinski definition) is 4. The lowest BCUT2D eigenvalue weighted by atomic mass is 9.93. The van der Waals surface area contributed by atoms with Crippen molar-refractivity contribution in [2.24, 2.45) is 11.7 Å². The Morgan fingerprint density at radius 2 is 2.18 bits per heavy atom. The minimum absolute atomic E-state index is 0.488. The highest BCUT2D eigenvalue weighted by atomic mass is 15.2. The van der Waals surface area contributed by atoms with Gasteiger partial charge in [0.15, 0.2) is 0 Å². The summed E-state index contributed by atoms with van der Waals surface area (Å²) in [7, 11) is 0. The van der Waals surface area contributed by atoms with Gasteiger partial charge in [0.25, 0.3) is 0 Å². The Morgan fingerprint density at radius 3 is 2.82 bits per heavy atom. The first-order chi connectivity index (χ1) is 8.33. The molecule has 1 aromatic heterocycles. The molecule has 1 aromatic rings. The zero-order valence-corrected chi connectivity index (χ0v) is 10.6. The molecule has 1 saturated heterocycles. The van der Waals surface area contributed by atoms with Crippen molar-refractivity contribution in [1.82, 2.24) is 9.97 Å². The van der Waals surface area contributed by atoms with Crippen LogP contribution in [0, 0.1) is 5.92 Å². The predicted molar refractivity (Wildman–Crippen MR) is 69.8 cm³/mol. The molecule has 0 amide bonds. The Balaban J connectivity index is 1.95. The molecule has 17 heavy (non-hydrogen) atoms. The Labute approximate surface area is 103 Å². The number of anilines is 1. The smallest absolute Gasteiger partial charge is 0.225 e. The lowest BCUT2D eigenvalue weighted by Crippen LogP contribution is -2.35. The van der Waals surface area contributed by atoms with Crippen LogP contribution in [-0.4, -0.2) is 23.1 Å². The van der Waals surface area contributed by atoms with Gasteiger partial charge in [0.05, 0.1) is 5.69 Å². The van der Waals surface area contributed by atoms with Crippen LogP contribution in [0.2, 0.25) is 0 Å². The molecule has 0 bridgehead atoms. The van der Waals surface area contributed by atoms with E-state index < -0.39 is 0 Å². The van der Waals surface area contributed by atoms with E-state index in [1.165, 1.54) is 25.7 Å². The summed E-state index contributed by atoms with van der Waals surface area (Å²) in [5, 5.41) is 0. The van der Waals surface area contributed by atoms with Gasteiger partial charge in [0.1, 0.15) is 0 Å². The highest BCUT2D eigenvalue weighted by Gasteiger charge is 2.20. The Bertz CT molecular complexity index is 345. The Morgan fingerprint density at radius 1 is 1.41 bits per heavy atom. The van der Waals surface area contributed by atoms with Crippen LogP contribution in [0.25, 0.3) is 0 Å². The summed E-state index contributed by atoms with van der Waals surface area (Å²) in [5.41, 5.74) is 6.52. The van der Waals surface area contributed by atoms with Gasteiger partial charge in [-0.25, -0.2) is 9.97 Å². The van der Waals surface area contributed by atoms with E-state index in [0.29, 0.717) is 6.54 Å². The average Bonchev–Trinajstić information content (AvgIpc) is 2.40. The molecule has 4 nitrogen and oxygen atoms in total. The van der Waals surface area contributed by atoms with Crippen LogP contribution in [0.5, 0.6) is 0 Å². The predicted octanol–water partition coefficient (Wildman–Crippen LogP) is 1.95. The van der Waals surface area contributed by atoms with Gasteiger partial charge in [0, 0.05) is 25.8 Å². The molecule has 4 heteroatoms. The van der Waals surface area contributed by atoms with Crippen molar-refractivity contribution in [3.05, 3.63) is 18.0 Å². The standard InChI is InChI=1S/C13H22N4/c1-2-3-11-5-8-17(9-6-11)13-15-7-4-12(10-14)16-13/h4,7,11H,2-3,5-6,8-10,14H2,1H3. The number of nitrogens with zero attached hydrogens (tertiary/aromatic N) is 3. The lowest BCUT2D eigenvalue weighted by molar-refractivity contribution is 0.376. The van der Waals surface area contributed by atoms with Crippen LogP contribution >= 0.6 is 0 Å². The molecule has 2 heterocycles. The number of hydrogen-bond donors (Lipinski definition) is 1. The summed E-state index contributed by atoms with van der Waals surface area (Å²) >= 11 is 0. The maximum Gasteiger partial charge on any atom is 0.225 e. The first kappa shape index (κ1) is 12.3. The molecule has 0 aromatic carbocycles. The van der Waals surface area contributed by atoms with Crippen molar-refractivity contribution in [3.8, 4) is 0 Å². The van der Waals surface area contributed by atoms with Crippen molar-refractivity contribution >= 4 is 5.95 Å². The van der Waals surface area contributed by atoms with Crippen molar-refractivity contribution in [3.63, 3.8) is 0 Å². The molecule has 0 aliphatic carbocycles. The maximum atomic E-state index is 5.60. The molecule has 0 atom stereocenters. The fourth-order valence-corrected chi connectivity index (χ4v) is 2.48. The summed E-state index contributed by atoms with van der Waals surface area (Å²) in [4.78, 5) is 11.1. The second-order valence-electron chi connectivity index (χ2n) is 4.77. The molecule has 0 spiro atoms. The van der Waals surface area contributed by atoms with E-state index in [4.69, 9.17) is 5.73 Å². The second kappa shape index (κ2) is 5.96. The maximum absolute atomic E-state index is 5.60. The highest BCUT2D eigenvalue weighted by molar-refractivity contribution is 5.30. The third-order valence-corrected chi connectivity index (χ3v) is 3.50. The van der Waals surface area contributed by atoms with E-state index in [9.17, 15) is 0 Å². The van der Waals surface area contributed by atoms with Crippen molar-refractivity contribution in [2.45, 2.75) is 39.2 Å². The van der Waals surface area contributed by atoms with E-state index in [-0.39, 0.29) is 0 Å². The molecular weight excluding hydrogens is 212 g/mol. The van der Waals surface area contributed by atoms with Gasteiger partial charge in [0.2, 0.25) is 5.95 Å². The second-order valence-corrected chi connectivity index (χ2v) is 4.77. The molecule has 0 unspecified atom stereocenters. The van der Waals surface area contributed by atoms with Crippen LogP contribution < -0.4 is 10.6 Å². The third-order valence-electron chi connectivity index (χ3n) is 3.50. The minimum atomic E-state index is 0.488. The Hall–Kier alpha value is -1.16. The fraction of sp³-hybridized carbons (Fsp3) is 0.692. The van der Waals surface area contributed by atoms with Gasteiger partial charge in [-0.15, -0.1) is 0 Å². The summed E-state index contributed by atoms with van der Waals surface area (Å²) in [6, 6.07) is 1.88. The molecule has 1 fully saturated rings. The van der Waals surface area contributed by atoms with Gasteiger partial charge < -0.3 is 10.6 Å². The highest BCUT2D eigenvalue weighted by Crippen LogP contribution is 2.23. The molecule has 2 rings (SSSR count). The fourth-order valence-electron chi connectivity index (χ4n) is 2.48. The molecule has 0 radical (unpaired) electrons. The monoisotopic (exact) mass is 234 g/mol. The normalized spacial score (nSPS) is 17.4. The summed E-state index contributed by atoms with van der Waals surface area (Å²) in [6.45, 7) is 4.92. The van der Waals surface area contributed by atoms with Crippen LogP contribution in [-0.2, 0) is 6.54 Å². The minimum Gasteiger partial charge on any atom is -0.341 e. The first-order valence-electron chi connectivity index (χ1n) is 6.60. The van der Waals surface area contributed by atoms with Gasteiger partial charge in [-0.05, 0) is 24.8 Å². The summed E-state index contributed by atoms with van der Waals surface area (Å²) < 4.78 is 0. The van der Waals surface area contributed by atoms with Gasteiger partial charge >= 0.3 is 0 Å². The Kier molecular flexibility index (Phi) is 4.31. The van der Waals surface area contributed by atoms with Crippen molar-refractivity contribution in [1.29, 1.82) is 0 Å². The topological polar surface area (TPSA) is 55.0 Å². The third kappa shape index (κ3) is 3.16. The first-order valence-corrected chi connectivity index (χ1v) is 6.60. The van der Waals surface area contributed by atoms with Crippen molar-refractivity contribution < 1.29 is 0 Å². The summed E-state index contributed by atoms with van der Waals surface area (Å²) in [5.74, 6) is 1.75. The molecule has 1 aliphatic rings. The van der Waals surface area contributed by atoms with E-state index in [1.807, 2.05) is 12.3 Å². The number of aromatic nitrogens is 2. The van der Waals surface area contributed by atoms with Crippen LogP contribution in [0.1, 0.15) is 38.3 Å². The average molecular weight is 234 g/mol. The van der Waals surface area contributed by atoms with Gasteiger partial charge in [-0.2, -0.15) is 0 Å². The van der Waals surface area contributed by atoms with Crippen molar-refractivity contribution in [2.75, 3.05) is 18.0 Å². The van der Waals surface area contributed by atoms with E-state index in [1.54, 1.807) is 0 Å². The van der Waals surface area contributed by atoms with Crippen LogP contribution in [0.3, 0.4) is 0 Å². The van der Waals surface area contributed by atoms with E-state index in [2.05, 4.69) is 21.8 Å². The van der Waals surface area contributed by atoms with Crippen LogP contribution in [0.4, 0.5) is 5.95 Å². The molecule has 94 valence electrons. The molecule has 1 aliphatic heterocycles. The largest absolute Gasteiger partial charge is 0.341 e. The molecule has 2 N–H and O–H groups in total. The van der Waals surface area contributed by atoms with Gasteiger partial charge in [-0.3, -0.25) is 0 Å². The van der Waals surface area contributed by atoms with E-state index in [0.717, 1.165) is 30.6 Å². The zero-order valence-electron chi connectivity index (χ0n) is 10.6. The number of piperidine rings is 1.